The van der Waals surface area contributed by atoms with Gasteiger partial charge < -0.3 is 4.74 Å². The summed E-state index contributed by atoms with van der Waals surface area (Å²) in [5.74, 6) is 0.298. The van der Waals surface area contributed by atoms with Crippen molar-refractivity contribution >= 4 is 11.8 Å². The summed E-state index contributed by atoms with van der Waals surface area (Å²) in [6, 6.07) is 4.37. The summed E-state index contributed by atoms with van der Waals surface area (Å²) in [6.07, 6.45) is 9.03. The van der Waals surface area contributed by atoms with Crippen molar-refractivity contribution in [3.05, 3.63) is 11.6 Å². The maximum absolute atomic E-state index is 12.8. The lowest BCUT2D eigenvalue weighted by Crippen LogP contribution is -2.51. The fourth-order valence-corrected chi connectivity index (χ4v) is 8.37. The van der Waals surface area contributed by atoms with Gasteiger partial charge in [0.15, 0.2) is 0 Å². The zero-order valence-electron chi connectivity index (χ0n) is 19.2. The minimum Gasteiger partial charge on any atom is -0.462 e. The van der Waals surface area contributed by atoms with E-state index in [1.165, 1.54) is 12.5 Å². The Morgan fingerprint density at radius 3 is 2.45 bits per heavy atom. The van der Waals surface area contributed by atoms with Gasteiger partial charge in [-0.3, -0.25) is 9.59 Å². The van der Waals surface area contributed by atoms with Gasteiger partial charge >= 0.3 is 5.97 Å². The van der Waals surface area contributed by atoms with Crippen LogP contribution in [0.1, 0.15) is 72.6 Å². The van der Waals surface area contributed by atoms with E-state index in [2.05, 4.69) is 32.1 Å². The van der Waals surface area contributed by atoms with Gasteiger partial charge in [0.1, 0.15) is 17.8 Å². The first kappa shape index (κ1) is 22.1. The number of carbonyl (C=O) groups excluding carboxylic acids is 2. The van der Waals surface area contributed by atoms with E-state index >= 15 is 0 Å². The van der Waals surface area contributed by atoms with E-state index in [4.69, 9.17) is 4.74 Å². The van der Waals surface area contributed by atoms with Crippen molar-refractivity contribution in [2.24, 2.45) is 46.3 Å². The molecule has 0 amide bonds. The molecule has 31 heavy (non-hydrogen) atoms. The summed E-state index contributed by atoms with van der Waals surface area (Å²) in [4.78, 5) is 24.2. The molecule has 0 radical (unpaired) electrons. The van der Waals surface area contributed by atoms with E-state index in [-0.39, 0.29) is 40.5 Å². The van der Waals surface area contributed by atoms with Crippen LogP contribution in [-0.2, 0) is 14.3 Å². The van der Waals surface area contributed by atoms with Crippen molar-refractivity contribution in [3.63, 3.8) is 0 Å². The molecule has 4 rings (SSSR count). The van der Waals surface area contributed by atoms with Crippen LogP contribution in [0.4, 0.5) is 0 Å². The fraction of sp³-hybridized carbons (Fsp3) is 0.769. The van der Waals surface area contributed by atoms with Crippen LogP contribution < -0.4 is 0 Å². The number of esters is 1. The number of ether oxygens (including phenoxy) is 1. The van der Waals surface area contributed by atoms with Gasteiger partial charge in [-0.15, -0.1) is 0 Å². The lowest BCUT2D eigenvalue weighted by molar-refractivity contribution is -0.149. The Bertz CT molecular complexity index is 881. The summed E-state index contributed by atoms with van der Waals surface area (Å²) in [5.41, 5.74) is 1.44. The number of nitriles is 2. The minimum absolute atomic E-state index is 0.00722. The SMILES string of the molecule is CC(=O)O[C@H]1CC[C@@]2(C)C(=CC[C@@H]3[C@H]4C[C@H](C(C#N)C#N)[C@@H](C(C)=O)[C@@]4(C)CC[C@H]32)C1. The molecule has 0 aliphatic heterocycles. The molecule has 4 aliphatic carbocycles. The molecule has 0 aromatic carbocycles. The Balaban J connectivity index is 1.65. The lowest BCUT2D eigenvalue weighted by atomic mass is 9.47. The fourth-order valence-electron chi connectivity index (χ4n) is 8.37. The van der Waals surface area contributed by atoms with Crippen molar-refractivity contribution < 1.29 is 14.3 Å². The predicted octanol–water partition coefficient (Wildman–Crippen LogP) is 4.98. The number of hydrogen-bond donors (Lipinski definition) is 0. The molecule has 166 valence electrons. The number of Topliss-reactive ketones (excluding diaryl/α,β-unsaturated/α-hetero) is 1. The van der Waals surface area contributed by atoms with Gasteiger partial charge in [-0.2, -0.15) is 10.5 Å². The van der Waals surface area contributed by atoms with Gasteiger partial charge in [-0.05, 0) is 80.0 Å². The maximum Gasteiger partial charge on any atom is 0.302 e. The molecule has 0 aromatic rings. The average Bonchev–Trinajstić information content (AvgIpc) is 3.02. The molecule has 0 saturated heterocycles. The molecule has 0 aromatic heterocycles. The highest BCUT2D eigenvalue weighted by atomic mass is 16.5. The summed E-state index contributed by atoms with van der Waals surface area (Å²) < 4.78 is 5.53. The van der Waals surface area contributed by atoms with Crippen LogP contribution in [0.25, 0.3) is 0 Å². The van der Waals surface area contributed by atoms with Gasteiger partial charge in [-0.1, -0.05) is 25.5 Å². The standard InChI is InChI=1S/C26H34N2O3/c1-15(29)24-21(17(13-27)14-28)12-23-20-6-5-18-11-19(31-16(2)30)7-9-25(18,3)22(20)8-10-26(23,24)4/h5,17,19-24H,6-12H2,1-4H3/t19-,20-,21+,22+,23+,24+,25-,26-/m0/s1. The largest absolute Gasteiger partial charge is 0.462 e. The number of fused-ring (bicyclic) bond motifs is 5. The number of ketones is 1. The van der Waals surface area contributed by atoms with Crippen LogP contribution in [0.3, 0.4) is 0 Å². The monoisotopic (exact) mass is 422 g/mol. The summed E-state index contributed by atoms with van der Waals surface area (Å²) in [6.45, 7) is 7.79. The molecule has 0 heterocycles. The molecular weight excluding hydrogens is 388 g/mol. The van der Waals surface area contributed by atoms with E-state index in [0.717, 1.165) is 44.9 Å². The van der Waals surface area contributed by atoms with E-state index in [1.807, 2.05) is 0 Å². The van der Waals surface area contributed by atoms with Crippen molar-refractivity contribution in [2.45, 2.75) is 78.7 Å². The Morgan fingerprint density at radius 1 is 1.13 bits per heavy atom. The van der Waals surface area contributed by atoms with Crippen molar-refractivity contribution in [2.75, 3.05) is 0 Å². The van der Waals surface area contributed by atoms with Crippen LogP contribution >= 0.6 is 0 Å². The maximum atomic E-state index is 12.8. The van der Waals surface area contributed by atoms with E-state index in [9.17, 15) is 20.1 Å². The predicted molar refractivity (Wildman–Crippen MR) is 115 cm³/mol. The highest BCUT2D eigenvalue weighted by Crippen LogP contribution is 2.68. The molecule has 3 fully saturated rings. The minimum atomic E-state index is -0.709. The van der Waals surface area contributed by atoms with Gasteiger partial charge in [0.25, 0.3) is 0 Å². The van der Waals surface area contributed by atoms with E-state index in [0.29, 0.717) is 17.8 Å². The van der Waals surface area contributed by atoms with E-state index < -0.39 is 5.92 Å². The summed E-state index contributed by atoms with van der Waals surface area (Å²) >= 11 is 0. The topological polar surface area (TPSA) is 90.9 Å². The molecular formula is C26H34N2O3. The Kier molecular flexibility index (Phi) is 5.53. The number of hydrogen-bond acceptors (Lipinski definition) is 5. The first-order valence-electron chi connectivity index (χ1n) is 11.8. The van der Waals surface area contributed by atoms with Crippen molar-refractivity contribution in [3.8, 4) is 12.1 Å². The van der Waals surface area contributed by atoms with Crippen LogP contribution in [0.2, 0.25) is 0 Å². The number of nitrogens with zero attached hydrogens (tertiary/aromatic N) is 2. The third kappa shape index (κ3) is 3.32. The second kappa shape index (κ2) is 7.77. The molecule has 0 N–H and O–H groups in total. The number of allylic oxidation sites excluding steroid dienone is 1. The van der Waals surface area contributed by atoms with Gasteiger partial charge in [0.2, 0.25) is 0 Å². The van der Waals surface area contributed by atoms with Crippen LogP contribution in [0.15, 0.2) is 11.6 Å². The van der Waals surface area contributed by atoms with Crippen molar-refractivity contribution in [1.82, 2.24) is 0 Å². The third-order valence-electron chi connectivity index (χ3n) is 9.64. The highest BCUT2D eigenvalue weighted by molar-refractivity contribution is 5.80. The zero-order chi connectivity index (χ0) is 22.6. The Labute approximate surface area is 185 Å². The number of rotatable bonds is 3. The first-order chi connectivity index (χ1) is 14.7. The molecule has 0 bridgehead atoms. The normalized spacial score (nSPS) is 43.5. The van der Waals surface area contributed by atoms with Crippen LogP contribution in [-0.4, -0.2) is 17.9 Å². The number of carbonyl (C=O) groups is 2. The first-order valence-corrected chi connectivity index (χ1v) is 11.8. The van der Waals surface area contributed by atoms with Gasteiger partial charge in [0.05, 0.1) is 12.1 Å². The molecule has 3 saturated carbocycles. The highest BCUT2D eigenvalue weighted by Gasteiger charge is 2.63. The van der Waals surface area contributed by atoms with E-state index in [1.54, 1.807) is 6.92 Å². The van der Waals surface area contributed by atoms with Crippen molar-refractivity contribution in [1.29, 1.82) is 10.5 Å². The average molecular weight is 423 g/mol. The summed E-state index contributed by atoms with van der Waals surface area (Å²) in [5, 5.41) is 19.2. The molecule has 4 aliphatic rings. The van der Waals surface area contributed by atoms with Gasteiger partial charge in [-0.25, -0.2) is 0 Å². The van der Waals surface area contributed by atoms with Crippen LogP contribution in [0.5, 0.6) is 0 Å². The lowest BCUT2D eigenvalue weighted by Gasteiger charge is -2.58. The third-order valence-corrected chi connectivity index (χ3v) is 9.64. The second-order valence-corrected chi connectivity index (χ2v) is 11.0. The quantitative estimate of drug-likeness (QED) is 0.473. The zero-order valence-corrected chi connectivity index (χ0v) is 19.2. The Morgan fingerprint density at radius 2 is 1.84 bits per heavy atom. The molecule has 8 atom stereocenters. The Hall–Kier alpha value is -2.14. The van der Waals surface area contributed by atoms with Crippen LogP contribution in [0, 0.1) is 69.0 Å². The second-order valence-electron chi connectivity index (χ2n) is 11.0. The van der Waals surface area contributed by atoms with Gasteiger partial charge in [0, 0.05) is 19.3 Å². The molecule has 0 unspecified atom stereocenters. The summed E-state index contributed by atoms with van der Waals surface area (Å²) in [7, 11) is 0. The molecule has 0 spiro atoms. The molecule has 5 heteroatoms. The smallest absolute Gasteiger partial charge is 0.302 e. The molecule has 5 nitrogen and oxygen atoms in total.